The van der Waals surface area contributed by atoms with E-state index in [4.69, 9.17) is 0 Å². The molecule has 1 saturated carbocycles. The van der Waals surface area contributed by atoms with Gasteiger partial charge in [-0.2, -0.15) is 0 Å². The molecule has 4 nitrogen and oxygen atoms in total. The Morgan fingerprint density at radius 2 is 1.93 bits per heavy atom. The Morgan fingerprint density at radius 3 is 2.64 bits per heavy atom. The van der Waals surface area contributed by atoms with Gasteiger partial charge < -0.3 is 10.6 Å². The number of thioether (sulfide) groups is 1. The largest absolute Gasteiger partial charge is 0.325 e. The topological polar surface area (TPSA) is 54.0 Å². The van der Waals surface area contributed by atoms with Gasteiger partial charge in [0.2, 0.25) is 5.91 Å². The van der Waals surface area contributed by atoms with E-state index in [-0.39, 0.29) is 36.8 Å². The summed E-state index contributed by atoms with van der Waals surface area (Å²) in [6, 6.07) is 12.7. The minimum Gasteiger partial charge on any atom is -0.325 e. The first kappa shape index (κ1) is 23.0. The number of fused-ring (bicyclic) bond motifs is 1. The monoisotopic (exact) mass is 439 g/mol. The molecular formula is C21H27Cl2N3OS. The minimum absolute atomic E-state index is 0. The molecule has 3 unspecified atom stereocenters. The van der Waals surface area contributed by atoms with Crippen LogP contribution < -0.4 is 10.6 Å². The van der Waals surface area contributed by atoms with Crippen LogP contribution in [0.25, 0.3) is 0 Å². The van der Waals surface area contributed by atoms with E-state index in [9.17, 15) is 4.79 Å². The Hall–Kier alpha value is -1.27. The van der Waals surface area contributed by atoms with Crippen molar-refractivity contribution in [3.05, 3.63) is 54.4 Å². The molecule has 7 heteroatoms. The molecule has 2 N–H and O–H groups in total. The van der Waals surface area contributed by atoms with Gasteiger partial charge in [-0.15, -0.1) is 36.6 Å². The van der Waals surface area contributed by atoms with E-state index < -0.39 is 0 Å². The van der Waals surface area contributed by atoms with Gasteiger partial charge in [-0.3, -0.25) is 9.78 Å². The average Bonchev–Trinajstić information content (AvgIpc) is 3.13. The van der Waals surface area contributed by atoms with Gasteiger partial charge in [-0.05, 0) is 61.1 Å². The van der Waals surface area contributed by atoms with Gasteiger partial charge in [0.05, 0.1) is 6.04 Å². The Labute approximate surface area is 183 Å². The maximum absolute atomic E-state index is 12.6. The molecule has 1 saturated heterocycles. The Morgan fingerprint density at radius 1 is 1.14 bits per heavy atom. The summed E-state index contributed by atoms with van der Waals surface area (Å²) in [5.41, 5.74) is 2.08. The van der Waals surface area contributed by atoms with Crippen molar-refractivity contribution in [2.75, 3.05) is 5.32 Å². The number of rotatable bonds is 5. The summed E-state index contributed by atoms with van der Waals surface area (Å²) in [6.45, 7) is 0. The molecule has 2 fully saturated rings. The number of hydrogen-bond donors (Lipinski definition) is 2. The molecule has 1 aromatic heterocycles. The first-order valence-electron chi connectivity index (χ1n) is 9.46. The highest BCUT2D eigenvalue weighted by Crippen LogP contribution is 2.33. The smallest absolute Gasteiger partial charge is 0.241 e. The van der Waals surface area contributed by atoms with E-state index in [0.717, 1.165) is 17.9 Å². The predicted octanol–water partition coefficient (Wildman–Crippen LogP) is 5.08. The van der Waals surface area contributed by atoms with Crippen molar-refractivity contribution in [3.63, 3.8) is 0 Å². The molecule has 1 aliphatic carbocycles. The van der Waals surface area contributed by atoms with Crippen molar-refractivity contribution in [1.29, 1.82) is 0 Å². The maximum atomic E-state index is 12.6. The first-order chi connectivity index (χ1) is 12.8. The molecular weight excluding hydrogens is 413 g/mol. The Kier molecular flexibility index (Phi) is 9.09. The van der Waals surface area contributed by atoms with Gasteiger partial charge in [0.1, 0.15) is 0 Å². The number of nitrogens with one attached hydrogen (secondary N) is 2. The van der Waals surface area contributed by atoms with E-state index in [2.05, 4.69) is 33.8 Å². The molecule has 0 spiro atoms. The fraction of sp³-hybridized carbons (Fsp3) is 0.429. The molecule has 0 bridgehead atoms. The number of carbonyl (C=O) groups excluding carboxylic acids is 1. The SMILES string of the molecule is Cl.Cl.O=C(Nc1ccc(SCc2cccnc2)cc1)C1CC2CCCCC2N1. The van der Waals surface area contributed by atoms with Crippen LogP contribution in [0.2, 0.25) is 0 Å². The van der Waals surface area contributed by atoms with Crippen molar-refractivity contribution in [3.8, 4) is 0 Å². The first-order valence-corrected chi connectivity index (χ1v) is 10.5. The number of carbonyl (C=O) groups is 1. The lowest BCUT2D eigenvalue weighted by Crippen LogP contribution is -2.39. The van der Waals surface area contributed by atoms with Crippen LogP contribution in [0, 0.1) is 5.92 Å². The van der Waals surface area contributed by atoms with Gasteiger partial charge in [0.15, 0.2) is 0 Å². The minimum atomic E-state index is -0.0391. The molecule has 1 aliphatic heterocycles. The highest BCUT2D eigenvalue weighted by Gasteiger charge is 2.38. The van der Waals surface area contributed by atoms with Gasteiger partial charge in [-0.25, -0.2) is 0 Å². The second-order valence-electron chi connectivity index (χ2n) is 7.27. The standard InChI is InChI=1S/C21H25N3OS.2ClH/c25-21(20-12-16-5-1-2-6-19(16)24-20)23-17-7-9-18(10-8-17)26-14-15-4-3-11-22-13-15;;/h3-4,7-11,13,16,19-20,24H,1-2,5-6,12,14H2,(H,23,25);2*1H. The third-order valence-corrected chi connectivity index (χ3v) is 6.51. The molecule has 152 valence electrons. The van der Waals surface area contributed by atoms with Crippen molar-refractivity contribution in [1.82, 2.24) is 10.3 Å². The highest BCUT2D eigenvalue weighted by atomic mass is 35.5. The Bertz CT molecular complexity index is 731. The van der Waals surface area contributed by atoms with Crippen molar-refractivity contribution >= 4 is 48.2 Å². The molecule has 3 atom stereocenters. The lowest BCUT2D eigenvalue weighted by atomic mass is 9.85. The van der Waals surface area contributed by atoms with E-state index in [0.29, 0.717) is 12.0 Å². The third-order valence-electron chi connectivity index (χ3n) is 5.43. The van der Waals surface area contributed by atoms with Crippen LogP contribution in [0.5, 0.6) is 0 Å². The number of nitrogens with zero attached hydrogens (tertiary/aromatic N) is 1. The highest BCUT2D eigenvalue weighted by molar-refractivity contribution is 7.98. The molecule has 2 aromatic rings. The zero-order chi connectivity index (χ0) is 17.8. The Balaban J connectivity index is 0.00000140. The molecule has 28 heavy (non-hydrogen) atoms. The summed E-state index contributed by atoms with van der Waals surface area (Å²) in [6.07, 6.45) is 9.76. The predicted molar refractivity (Wildman–Crippen MR) is 121 cm³/mol. The van der Waals surface area contributed by atoms with Crippen molar-refractivity contribution in [2.24, 2.45) is 5.92 Å². The van der Waals surface area contributed by atoms with Crippen molar-refractivity contribution in [2.45, 2.75) is 54.8 Å². The summed E-state index contributed by atoms with van der Waals surface area (Å²) >= 11 is 1.77. The molecule has 2 heterocycles. The van der Waals surface area contributed by atoms with Gasteiger partial charge >= 0.3 is 0 Å². The van der Waals surface area contributed by atoms with E-state index in [1.807, 2.05) is 24.4 Å². The number of aromatic nitrogens is 1. The maximum Gasteiger partial charge on any atom is 0.241 e. The number of amides is 1. The average molecular weight is 440 g/mol. The fourth-order valence-corrected chi connectivity index (χ4v) is 4.87. The van der Waals surface area contributed by atoms with Crippen LogP contribution in [-0.2, 0) is 10.5 Å². The van der Waals surface area contributed by atoms with Gasteiger partial charge in [0.25, 0.3) is 0 Å². The molecule has 4 rings (SSSR count). The van der Waals surface area contributed by atoms with Crippen LogP contribution in [0.4, 0.5) is 5.69 Å². The van der Waals surface area contributed by atoms with Gasteiger partial charge in [0, 0.05) is 34.8 Å². The number of anilines is 1. The van der Waals surface area contributed by atoms with E-state index >= 15 is 0 Å². The third kappa shape index (κ3) is 5.86. The second-order valence-corrected chi connectivity index (χ2v) is 8.32. The summed E-state index contributed by atoms with van der Waals surface area (Å²) in [5, 5.41) is 6.61. The fourth-order valence-electron chi connectivity index (χ4n) is 4.04. The van der Waals surface area contributed by atoms with E-state index in [1.165, 1.54) is 36.1 Å². The normalized spacial score (nSPS) is 23.1. The number of pyridine rings is 1. The summed E-state index contributed by atoms with van der Waals surface area (Å²) in [5.74, 6) is 1.69. The molecule has 1 amide bonds. The van der Waals surface area contributed by atoms with Crippen LogP contribution in [0.15, 0.2) is 53.7 Å². The summed E-state index contributed by atoms with van der Waals surface area (Å²) < 4.78 is 0. The van der Waals surface area contributed by atoms with Gasteiger partial charge in [-0.1, -0.05) is 18.9 Å². The lowest BCUT2D eigenvalue weighted by Gasteiger charge is -2.24. The van der Waals surface area contributed by atoms with Crippen LogP contribution in [0.3, 0.4) is 0 Å². The lowest BCUT2D eigenvalue weighted by molar-refractivity contribution is -0.117. The van der Waals surface area contributed by atoms with Crippen LogP contribution in [0.1, 0.15) is 37.7 Å². The number of hydrogen-bond acceptors (Lipinski definition) is 4. The number of benzene rings is 1. The zero-order valence-corrected chi connectivity index (χ0v) is 18.1. The second kappa shape index (κ2) is 11.1. The van der Waals surface area contributed by atoms with Crippen LogP contribution in [-0.4, -0.2) is 23.0 Å². The summed E-state index contributed by atoms with van der Waals surface area (Å²) in [7, 11) is 0. The zero-order valence-electron chi connectivity index (χ0n) is 15.7. The quantitative estimate of drug-likeness (QED) is 0.637. The molecule has 0 radical (unpaired) electrons. The van der Waals surface area contributed by atoms with Crippen molar-refractivity contribution < 1.29 is 4.79 Å². The van der Waals surface area contributed by atoms with Crippen LogP contribution >= 0.6 is 36.6 Å². The molecule has 2 aliphatic rings. The van der Waals surface area contributed by atoms with E-state index in [1.54, 1.807) is 18.0 Å². The number of halogens is 2. The molecule has 1 aromatic carbocycles. The summed E-state index contributed by atoms with van der Waals surface area (Å²) in [4.78, 5) is 17.9.